The highest BCUT2D eigenvalue weighted by Gasteiger charge is 1.95. The van der Waals surface area contributed by atoms with Gasteiger partial charge in [0.15, 0.2) is 0 Å². The van der Waals surface area contributed by atoms with Crippen LogP contribution in [0.1, 0.15) is 25.0 Å². The number of benzene rings is 1. The van der Waals surface area contributed by atoms with Gasteiger partial charge in [-0.15, -0.1) is 0 Å². The molecule has 0 N–H and O–H groups in total. The van der Waals surface area contributed by atoms with Crippen molar-refractivity contribution in [2.45, 2.75) is 20.8 Å². The summed E-state index contributed by atoms with van der Waals surface area (Å²) < 4.78 is 1.11. The molecule has 0 spiro atoms. The lowest BCUT2D eigenvalue weighted by atomic mass is 10.1. The Labute approximate surface area is 83.4 Å². The molecule has 0 aliphatic heterocycles. The molecule has 1 aromatic rings. The van der Waals surface area contributed by atoms with Gasteiger partial charge >= 0.3 is 0 Å². The molecule has 0 aliphatic carbocycles. The minimum atomic E-state index is 1.11. The molecule has 66 valence electrons. The average molecular weight is 227 g/mol. The summed E-state index contributed by atoms with van der Waals surface area (Å²) >= 11 is 3.44. The highest BCUT2D eigenvalue weighted by atomic mass is 79.9. The van der Waals surface area contributed by atoms with Crippen LogP contribution in [0.2, 0.25) is 0 Å². The van der Waals surface area contributed by atoms with Gasteiger partial charge in [0.05, 0.1) is 0 Å². The Morgan fingerprint density at radius 3 is 2.25 bits per heavy atom. The average Bonchev–Trinajstić information content (AvgIpc) is 2.08. The van der Waals surface area contributed by atoms with Crippen LogP contribution in [-0.2, 0) is 0 Å². The zero-order chi connectivity index (χ0) is 9.56. The molecule has 0 unspecified atom stereocenters. The smallest absolute Gasteiger partial charge is 0.0250 e. The molecule has 0 nitrogen and oxygen atoms in total. The molecule has 0 radical (unpaired) electrons. The summed E-state index contributed by atoms with van der Waals surface area (Å²) in [6.07, 6.45) is 1.86. The van der Waals surface area contributed by atoms with Gasteiger partial charge in [-0.25, -0.2) is 0 Å². The minimum Gasteiger partial charge on any atom is -0.0984 e. The van der Waals surface area contributed by atoms with Gasteiger partial charge in [-0.1, -0.05) is 54.6 Å². The van der Waals surface area contributed by atoms with Gasteiger partial charge in [0, 0.05) is 4.47 Å². The minimum absolute atomic E-state index is 1.11. The number of rotatable bonds is 1. The lowest BCUT2D eigenvalue weighted by molar-refractivity contribution is 1.42. The van der Waals surface area contributed by atoms with E-state index < -0.39 is 0 Å². The number of hydrogen-bond donors (Lipinski definition) is 0. The summed E-state index contributed by atoms with van der Waals surface area (Å²) in [5.74, 6) is 0. The first-order valence-corrected chi connectivity index (χ1v) is 4.92. The topological polar surface area (TPSA) is 0 Å². The SMILES string of the molecule is C=Cc1c(C)cccc1Br.CC. The fourth-order valence-electron chi connectivity index (χ4n) is 0.903. The van der Waals surface area contributed by atoms with Crippen LogP contribution in [-0.4, -0.2) is 0 Å². The lowest BCUT2D eigenvalue weighted by Crippen LogP contribution is -1.79. The summed E-state index contributed by atoms with van der Waals surface area (Å²) in [7, 11) is 0. The second-order valence-corrected chi connectivity index (χ2v) is 3.03. The van der Waals surface area contributed by atoms with Gasteiger partial charge in [-0.3, -0.25) is 0 Å². The number of halogens is 1. The summed E-state index contributed by atoms with van der Waals surface area (Å²) in [4.78, 5) is 0. The van der Waals surface area contributed by atoms with Crippen molar-refractivity contribution in [1.82, 2.24) is 0 Å². The maximum Gasteiger partial charge on any atom is 0.0250 e. The Hall–Kier alpha value is -0.560. The van der Waals surface area contributed by atoms with Gasteiger partial charge < -0.3 is 0 Å². The van der Waals surface area contributed by atoms with E-state index in [9.17, 15) is 0 Å². The first kappa shape index (κ1) is 11.4. The molecule has 1 aromatic carbocycles. The van der Waals surface area contributed by atoms with Crippen molar-refractivity contribution in [3.05, 3.63) is 40.4 Å². The van der Waals surface area contributed by atoms with Crippen LogP contribution in [0.5, 0.6) is 0 Å². The Morgan fingerprint density at radius 1 is 1.33 bits per heavy atom. The molecule has 0 saturated carbocycles. The van der Waals surface area contributed by atoms with Crippen molar-refractivity contribution in [3.8, 4) is 0 Å². The molecule has 12 heavy (non-hydrogen) atoms. The van der Waals surface area contributed by atoms with Crippen LogP contribution < -0.4 is 0 Å². The Bertz CT molecular complexity index is 231. The van der Waals surface area contributed by atoms with Crippen LogP contribution in [0.4, 0.5) is 0 Å². The largest absolute Gasteiger partial charge is 0.0984 e. The molecular formula is C11H15Br. The third-order valence-electron chi connectivity index (χ3n) is 1.48. The maximum atomic E-state index is 3.72. The predicted molar refractivity (Wildman–Crippen MR) is 60.3 cm³/mol. The van der Waals surface area contributed by atoms with Crippen molar-refractivity contribution in [2.75, 3.05) is 0 Å². The molecule has 1 heteroatoms. The van der Waals surface area contributed by atoms with Crippen molar-refractivity contribution in [1.29, 1.82) is 0 Å². The quantitative estimate of drug-likeness (QED) is 0.665. The van der Waals surface area contributed by atoms with Gasteiger partial charge in [-0.05, 0) is 24.1 Å². The summed E-state index contributed by atoms with van der Waals surface area (Å²) in [5.41, 5.74) is 2.44. The van der Waals surface area contributed by atoms with Gasteiger partial charge in [0.1, 0.15) is 0 Å². The van der Waals surface area contributed by atoms with Crippen molar-refractivity contribution >= 4 is 22.0 Å². The fraction of sp³-hybridized carbons (Fsp3) is 0.273. The monoisotopic (exact) mass is 226 g/mol. The molecule has 1 rings (SSSR count). The van der Waals surface area contributed by atoms with E-state index >= 15 is 0 Å². The Kier molecular flexibility index (Phi) is 5.73. The molecule has 0 atom stereocenters. The van der Waals surface area contributed by atoms with Gasteiger partial charge in [0.2, 0.25) is 0 Å². The zero-order valence-corrected chi connectivity index (χ0v) is 9.48. The highest BCUT2D eigenvalue weighted by Crippen LogP contribution is 2.20. The van der Waals surface area contributed by atoms with Crippen molar-refractivity contribution < 1.29 is 0 Å². The summed E-state index contributed by atoms with van der Waals surface area (Å²) in [6, 6.07) is 6.11. The number of hydrogen-bond acceptors (Lipinski definition) is 0. The van der Waals surface area contributed by atoms with Crippen LogP contribution in [0.15, 0.2) is 29.3 Å². The first-order valence-electron chi connectivity index (χ1n) is 4.13. The van der Waals surface area contributed by atoms with Crippen LogP contribution >= 0.6 is 15.9 Å². The van der Waals surface area contributed by atoms with E-state index in [1.165, 1.54) is 11.1 Å². The van der Waals surface area contributed by atoms with Crippen LogP contribution in [0.3, 0.4) is 0 Å². The second kappa shape index (κ2) is 6.01. The standard InChI is InChI=1S/C9H9Br.C2H6/c1-3-8-7(2)5-4-6-9(8)10;1-2/h3-6H,1H2,2H3;1-2H3. The third kappa shape index (κ3) is 2.82. The van der Waals surface area contributed by atoms with E-state index in [0.29, 0.717) is 0 Å². The van der Waals surface area contributed by atoms with Crippen LogP contribution in [0, 0.1) is 6.92 Å². The molecule has 0 saturated heterocycles. The molecular weight excluding hydrogens is 212 g/mol. The van der Waals surface area contributed by atoms with E-state index in [4.69, 9.17) is 0 Å². The third-order valence-corrected chi connectivity index (χ3v) is 2.17. The van der Waals surface area contributed by atoms with Crippen molar-refractivity contribution in [2.24, 2.45) is 0 Å². The van der Waals surface area contributed by atoms with E-state index in [1.807, 2.05) is 32.1 Å². The Balaban J connectivity index is 0.000000561. The fourth-order valence-corrected chi connectivity index (χ4v) is 1.53. The molecule has 0 bridgehead atoms. The van der Waals surface area contributed by atoms with E-state index in [0.717, 1.165) is 4.47 Å². The second-order valence-electron chi connectivity index (χ2n) is 2.17. The van der Waals surface area contributed by atoms with E-state index in [2.05, 4.69) is 35.5 Å². The lowest BCUT2D eigenvalue weighted by Gasteiger charge is -2.00. The van der Waals surface area contributed by atoms with E-state index in [-0.39, 0.29) is 0 Å². The van der Waals surface area contributed by atoms with Crippen molar-refractivity contribution in [3.63, 3.8) is 0 Å². The summed E-state index contributed by atoms with van der Waals surface area (Å²) in [6.45, 7) is 9.79. The normalized spacial score (nSPS) is 8.33. The van der Waals surface area contributed by atoms with Gasteiger partial charge in [-0.2, -0.15) is 0 Å². The molecule has 0 amide bonds. The first-order chi connectivity index (χ1) is 5.75. The predicted octanol–water partition coefficient (Wildman–Crippen LogP) is 4.43. The van der Waals surface area contributed by atoms with E-state index in [1.54, 1.807) is 0 Å². The van der Waals surface area contributed by atoms with Crippen LogP contribution in [0.25, 0.3) is 6.08 Å². The Morgan fingerprint density at radius 2 is 1.92 bits per heavy atom. The number of aryl methyl sites for hydroxylation is 1. The van der Waals surface area contributed by atoms with Gasteiger partial charge in [0.25, 0.3) is 0 Å². The molecule has 0 heterocycles. The molecule has 0 aliphatic rings. The highest BCUT2D eigenvalue weighted by molar-refractivity contribution is 9.10. The zero-order valence-electron chi connectivity index (χ0n) is 7.89. The molecule has 0 fully saturated rings. The maximum absolute atomic E-state index is 3.72. The molecule has 0 aromatic heterocycles. The summed E-state index contributed by atoms with van der Waals surface area (Å²) in [5, 5.41) is 0.